The minimum atomic E-state index is -3.18. The van der Waals surface area contributed by atoms with Crippen LogP contribution in [-0.2, 0) is 7.05 Å². The fourth-order valence-electron chi connectivity index (χ4n) is 3.41. The number of aromatic nitrogens is 2. The highest BCUT2D eigenvalue weighted by atomic mass is 32.3. The number of carbonyl (C=O) groups excluding carboxylic acids is 1. The molecule has 4 N–H and O–H groups in total. The number of carbonyl (C=O) groups is 1. The van der Waals surface area contributed by atoms with Crippen molar-refractivity contribution in [1.82, 2.24) is 9.78 Å². The van der Waals surface area contributed by atoms with Crippen molar-refractivity contribution in [2.45, 2.75) is 24.3 Å². The predicted molar refractivity (Wildman–Crippen MR) is 127 cm³/mol. The molecule has 4 rings (SSSR count). The smallest absolute Gasteiger partial charge is 0.257 e. The summed E-state index contributed by atoms with van der Waals surface area (Å²) < 4.78 is 54.1. The molecule has 0 fully saturated rings. The Bertz CT molecular complexity index is 1230. The molecule has 0 aliphatic carbocycles. The zero-order chi connectivity index (χ0) is 25.2. The number of aliphatic hydroxyl groups is 1. The number of aliphatic hydroxyl groups excluding tert-OH is 1. The minimum absolute atomic E-state index is 0.0101. The number of hydrogen-bond donors (Lipinski definition) is 4. The number of fused-ring (bicyclic) bond motifs is 1. The SMILES string of the molecule is C[C@@H](CO)Oc1cc(Oc2cc3c(cc2F)S(O)(O)CCCO3)cc(C(=O)Nc2ccn(C)n2)c1. The van der Waals surface area contributed by atoms with Crippen LogP contribution in [0, 0.1) is 5.82 Å². The summed E-state index contributed by atoms with van der Waals surface area (Å²) >= 11 is 0. The van der Waals surface area contributed by atoms with E-state index in [1.807, 2.05) is 0 Å². The zero-order valence-electron chi connectivity index (χ0n) is 19.1. The molecule has 1 aliphatic heterocycles. The number of hydrogen-bond acceptors (Lipinski definition) is 8. The Morgan fingerprint density at radius 2 is 2.06 bits per heavy atom. The predicted octanol–water partition coefficient (Wildman–Crippen LogP) is 4.26. The maximum atomic E-state index is 14.9. The summed E-state index contributed by atoms with van der Waals surface area (Å²) in [5, 5.41) is 16.1. The lowest BCUT2D eigenvalue weighted by molar-refractivity contribution is 0.102. The second-order valence-corrected chi connectivity index (χ2v) is 10.2. The number of amides is 1. The van der Waals surface area contributed by atoms with E-state index in [0.717, 1.165) is 6.07 Å². The van der Waals surface area contributed by atoms with E-state index >= 15 is 0 Å². The van der Waals surface area contributed by atoms with E-state index in [2.05, 4.69) is 10.4 Å². The Kier molecular flexibility index (Phi) is 7.17. The van der Waals surface area contributed by atoms with Gasteiger partial charge in [-0.3, -0.25) is 18.6 Å². The maximum Gasteiger partial charge on any atom is 0.257 e. The number of aryl methyl sites for hydroxylation is 1. The summed E-state index contributed by atoms with van der Waals surface area (Å²) in [5.74, 6) is -0.732. The quantitative estimate of drug-likeness (QED) is 0.373. The molecule has 2 heterocycles. The summed E-state index contributed by atoms with van der Waals surface area (Å²) in [4.78, 5) is 12.8. The van der Waals surface area contributed by atoms with Gasteiger partial charge in [-0.25, -0.2) is 4.39 Å². The van der Waals surface area contributed by atoms with Crippen LogP contribution in [0.4, 0.5) is 10.2 Å². The van der Waals surface area contributed by atoms with Crippen molar-refractivity contribution in [2.24, 2.45) is 7.05 Å². The molecule has 0 saturated carbocycles. The molecule has 1 amide bonds. The number of nitrogens with one attached hydrogen (secondary N) is 1. The molecule has 2 aromatic carbocycles. The first-order valence-corrected chi connectivity index (χ1v) is 12.5. The van der Waals surface area contributed by atoms with E-state index in [1.165, 1.54) is 28.9 Å². The van der Waals surface area contributed by atoms with E-state index in [1.54, 1.807) is 26.2 Å². The van der Waals surface area contributed by atoms with Gasteiger partial charge in [-0.05, 0) is 25.5 Å². The average Bonchev–Trinajstić information content (AvgIpc) is 3.15. The fraction of sp³-hybridized carbons (Fsp3) is 0.304. The summed E-state index contributed by atoms with van der Waals surface area (Å²) in [5.41, 5.74) is 0.147. The van der Waals surface area contributed by atoms with Crippen molar-refractivity contribution in [1.29, 1.82) is 0 Å². The van der Waals surface area contributed by atoms with E-state index < -0.39 is 28.4 Å². The van der Waals surface area contributed by atoms with Gasteiger partial charge in [0.1, 0.15) is 28.2 Å². The van der Waals surface area contributed by atoms with Crippen LogP contribution >= 0.6 is 10.6 Å². The highest BCUT2D eigenvalue weighted by Gasteiger charge is 2.27. The highest BCUT2D eigenvalue weighted by molar-refractivity contribution is 8.24. The standard InChI is InChI=1S/C23H26FN3O7S/c1-14(13-28)33-16-8-15(23(29)25-22-4-5-27(2)26-22)9-17(10-16)34-19-12-20-21(11-18(19)24)35(30,31)7-3-6-32-20/h4-5,8-12,14,28,30-31H,3,6-7,13H2,1-2H3,(H,25,26,29)/t14-/m0/s1. The van der Waals surface area contributed by atoms with Gasteiger partial charge in [0.25, 0.3) is 5.91 Å². The van der Waals surface area contributed by atoms with Crippen molar-refractivity contribution in [3.8, 4) is 23.0 Å². The summed E-state index contributed by atoms with van der Waals surface area (Å²) in [6.45, 7) is 1.63. The monoisotopic (exact) mass is 507 g/mol. The number of halogens is 1. The van der Waals surface area contributed by atoms with Crippen LogP contribution in [-0.4, -0.2) is 55.0 Å². The van der Waals surface area contributed by atoms with Crippen molar-refractivity contribution in [3.63, 3.8) is 0 Å². The van der Waals surface area contributed by atoms with Gasteiger partial charge < -0.3 is 24.6 Å². The number of benzene rings is 2. The van der Waals surface area contributed by atoms with Gasteiger partial charge in [-0.1, -0.05) is 0 Å². The minimum Gasteiger partial charge on any atom is -0.491 e. The Morgan fingerprint density at radius 1 is 1.29 bits per heavy atom. The molecule has 0 bridgehead atoms. The lowest BCUT2D eigenvalue weighted by Gasteiger charge is -2.31. The third-order valence-electron chi connectivity index (χ3n) is 5.10. The van der Waals surface area contributed by atoms with Gasteiger partial charge in [0.05, 0.1) is 13.2 Å². The van der Waals surface area contributed by atoms with Crippen molar-refractivity contribution in [3.05, 3.63) is 54.0 Å². The molecule has 12 heteroatoms. The maximum absolute atomic E-state index is 14.9. The van der Waals surface area contributed by atoms with Gasteiger partial charge in [-0.15, -0.1) is 0 Å². The second kappa shape index (κ2) is 10.1. The van der Waals surface area contributed by atoms with Gasteiger partial charge in [0.2, 0.25) is 0 Å². The molecule has 0 radical (unpaired) electrons. The van der Waals surface area contributed by atoms with Crippen molar-refractivity contribution in [2.75, 3.05) is 24.3 Å². The van der Waals surface area contributed by atoms with Gasteiger partial charge >= 0.3 is 0 Å². The summed E-state index contributed by atoms with van der Waals surface area (Å²) in [7, 11) is -1.47. The largest absolute Gasteiger partial charge is 0.491 e. The normalized spacial score (nSPS) is 16.3. The third-order valence-corrected chi connectivity index (χ3v) is 6.98. The summed E-state index contributed by atoms with van der Waals surface area (Å²) in [6, 6.07) is 8.18. The molecular weight excluding hydrogens is 481 g/mol. The van der Waals surface area contributed by atoms with Gasteiger partial charge in [-0.2, -0.15) is 15.7 Å². The Balaban J connectivity index is 1.67. The fourth-order valence-corrected chi connectivity index (χ4v) is 4.88. The molecule has 0 saturated heterocycles. The van der Waals surface area contributed by atoms with Crippen molar-refractivity contribution < 1.29 is 37.6 Å². The molecule has 3 aromatic rings. The number of nitrogens with zero attached hydrogens (tertiary/aromatic N) is 2. The molecule has 35 heavy (non-hydrogen) atoms. The van der Waals surface area contributed by atoms with Crippen LogP contribution < -0.4 is 19.5 Å². The molecule has 1 aliphatic rings. The molecule has 10 nitrogen and oxygen atoms in total. The molecular formula is C23H26FN3O7S. The molecule has 1 atom stereocenters. The Morgan fingerprint density at radius 3 is 2.77 bits per heavy atom. The van der Waals surface area contributed by atoms with Gasteiger partial charge in [0, 0.05) is 48.8 Å². The summed E-state index contributed by atoms with van der Waals surface area (Å²) in [6.07, 6.45) is 1.51. The molecule has 1 aromatic heterocycles. The van der Waals surface area contributed by atoms with Crippen LogP contribution in [0.25, 0.3) is 0 Å². The number of ether oxygens (including phenoxy) is 3. The number of rotatable bonds is 7. The first-order valence-electron chi connectivity index (χ1n) is 10.8. The number of anilines is 1. The van der Waals surface area contributed by atoms with E-state index in [9.17, 15) is 23.4 Å². The van der Waals surface area contributed by atoms with Crippen LogP contribution in [0.1, 0.15) is 23.7 Å². The molecule has 188 valence electrons. The lowest BCUT2D eigenvalue weighted by atomic mass is 10.2. The van der Waals surface area contributed by atoms with Crippen LogP contribution in [0.2, 0.25) is 0 Å². The molecule has 0 spiro atoms. The van der Waals surface area contributed by atoms with E-state index in [4.69, 9.17) is 14.2 Å². The molecule has 0 unspecified atom stereocenters. The van der Waals surface area contributed by atoms with Crippen LogP contribution in [0.3, 0.4) is 0 Å². The highest BCUT2D eigenvalue weighted by Crippen LogP contribution is 2.55. The topological polar surface area (TPSA) is 135 Å². The lowest BCUT2D eigenvalue weighted by Crippen LogP contribution is -2.17. The zero-order valence-corrected chi connectivity index (χ0v) is 19.9. The van der Waals surface area contributed by atoms with Crippen LogP contribution in [0.15, 0.2) is 47.5 Å². The Labute approximate surface area is 202 Å². The van der Waals surface area contributed by atoms with Crippen molar-refractivity contribution >= 4 is 22.3 Å². The van der Waals surface area contributed by atoms with Gasteiger partial charge in [0.15, 0.2) is 17.4 Å². The Hall–Kier alpha value is -3.32. The van der Waals surface area contributed by atoms with Crippen LogP contribution in [0.5, 0.6) is 23.0 Å². The first kappa shape index (κ1) is 24.8. The average molecular weight is 508 g/mol. The van der Waals surface area contributed by atoms with E-state index in [-0.39, 0.29) is 52.4 Å². The van der Waals surface area contributed by atoms with E-state index in [0.29, 0.717) is 12.2 Å². The first-order chi connectivity index (χ1) is 16.6. The third kappa shape index (κ3) is 5.85. The second-order valence-electron chi connectivity index (χ2n) is 8.04.